The molecule has 0 saturated carbocycles. The van der Waals surface area contributed by atoms with Gasteiger partial charge >= 0.3 is 0 Å². The molecule has 0 radical (unpaired) electrons. The molecule has 0 aliphatic rings. The van der Waals surface area contributed by atoms with Crippen molar-refractivity contribution in [2.75, 3.05) is 5.32 Å². The molecule has 0 aliphatic carbocycles. The summed E-state index contributed by atoms with van der Waals surface area (Å²) < 4.78 is 1.11. The van der Waals surface area contributed by atoms with Crippen LogP contribution in [0.4, 0.5) is 5.82 Å². The summed E-state index contributed by atoms with van der Waals surface area (Å²) in [4.78, 5) is 8.45. The molecule has 2 aromatic heterocycles. The zero-order valence-corrected chi connectivity index (χ0v) is 12.2. The van der Waals surface area contributed by atoms with Crippen LogP contribution in [0.2, 0.25) is 0 Å². The monoisotopic (exact) mass is 322 g/mol. The fraction of sp³-hybridized carbons (Fsp3) is 0.250. The topological polar surface area (TPSA) is 61.6 Å². The van der Waals surface area contributed by atoms with Crippen LogP contribution >= 0.6 is 27.3 Å². The van der Waals surface area contributed by atoms with Crippen LogP contribution in [0.3, 0.4) is 0 Å². The highest BCUT2D eigenvalue weighted by Crippen LogP contribution is 2.21. The molecule has 0 saturated heterocycles. The average molecular weight is 323 g/mol. The molecule has 1 N–H and O–H groups in total. The molecule has 0 unspecified atom stereocenters. The van der Waals surface area contributed by atoms with E-state index in [2.05, 4.69) is 42.7 Å². The number of nitrogens with zero attached hydrogens (tertiary/aromatic N) is 3. The molecule has 4 nitrogen and oxygen atoms in total. The summed E-state index contributed by atoms with van der Waals surface area (Å²) in [7, 11) is 0. The maximum absolute atomic E-state index is 8.90. The predicted octanol–water partition coefficient (Wildman–Crippen LogP) is 3.35. The van der Waals surface area contributed by atoms with E-state index in [-0.39, 0.29) is 0 Å². The molecule has 0 spiro atoms. The van der Waals surface area contributed by atoms with Crippen LogP contribution in [-0.2, 0) is 13.0 Å². The Hall–Kier alpha value is -1.45. The number of rotatable bonds is 4. The highest BCUT2D eigenvalue weighted by atomic mass is 79.9. The Morgan fingerprint density at radius 2 is 2.28 bits per heavy atom. The van der Waals surface area contributed by atoms with E-state index in [1.165, 1.54) is 5.56 Å². The summed E-state index contributed by atoms with van der Waals surface area (Å²) in [6.07, 6.45) is 0.716. The van der Waals surface area contributed by atoms with Crippen molar-refractivity contribution in [1.82, 2.24) is 9.97 Å². The van der Waals surface area contributed by atoms with Gasteiger partial charge in [-0.15, -0.1) is 11.3 Å². The van der Waals surface area contributed by atoms with E-state index in [1.54, 1.807) is 17.4 Å². The molecule has 6 heteroatoms. The van der Waals surface area contributed by atoms with Gasteiger partial charge in [0.1, 0.15) is 23.4 Å². The van der Waals surface area contributed by atoms with Gasteiger partial charge in [-0.2, -0.15) is 5.26 Å². The summed E-state index contributed by atoms with van der Waals surface area (Å²) >= 11 is 5.07. The Morgan fingerprint density at radius 3 is 2.89 bits per heavy atom. The lowest BCUT2D eigenvalue weighted by Crippen LogP contribution is -2.04. The van der Waals surface area contributed by atoms with Gasteiger partial charge in [0.25, 0.3) is 0 Å². The van der Waals surface area contributed by atoms with E-state index in [0.717, 1.165) is 3.79 Å². The van der Waals surface area contributed by atoms with Crippen LogP contribution < -0.4 is 5.32 Å². The van der Waals surface area contributed by atoms with E-state index in [1.807, 2.05) is 13.0 Å². The van der Waals surface area contributed by atoms with E-state index in [4.69, 9.17) is 5.26 Å². The number of hydrogen-bond donors (Lipinski definition) is 1. The number of nitrogens with one attached hydrogen (secondary N) is 1. The van der Waals surface area contributed by atoms with E-state index < -0.39 is 0 Å². The molecule has 0 bridgehead atoms. The molecule has 0 amide bonds. The van der Waals surface area contributed by atoms with Gasteiger partial charge in [-0.05, 0) is 32.9 Å². The number of anilines is 1. The highest BCUT2D eigenvalue weighted by molar-refractivity contribution is 9.11. The van der Waals surface area contributed by atoms with Gasteiger partial charge in [0.2, 0.25) is 0 Å². The van der Waals surface area contributed by atoms with Crippen molar-refractivity contribution in [2.24, 2.45) is 0 Å². The molecule has 2 rings (SSSR count). The molecule has 0 aliphatic heterocycles. The maximum atomic E-state index is 8.90. The Balaban J connectivity index is 2.11. The molecule has 18 heavy (non-hydrogen) atoms. The Morgan fingerprint density at radius 1 is 1.44 bits per heavy atom. The molecule has 0 fully saturated rings. The van der Waals surface area contributed by atoms with Crippen LogP contribution in [-0.4, -0.2) is 9.97 Å². The Labute approximate surface area is 118 Å². The number of thiophene rings is 1. The first-order chi connectivity index (χ1) is 8.71. The van der Waals surface area contributed by atoms with Gasteiger partial charge in [0.15, 0.2) is 0 Å². The summed E-state index contributed by atoms with van der Waals surface area (Å²) in [5.74, 6) is 1.38. The van der Waals surface area contributed by atoms with Crippen molar-refractivity contribution in [3.05, 3.63) is 38.4 Å². The molecule has 2 heterocycles. The summed E-state index contributed by atoms with van der Waals surface area (Å²) in [5.41, 5.74) is 1.58. The first-order valence-electron chi connectivity index (χ1n) is 5.46. The van der Waals surface area contributed by atoms with Crippen LogP contribution in [0.25, 0.3) is 0 Å². The van der Waals surface area contributed by atoms with Gasteiger partial charge in [-0.25, -0.2) is 9.97 Å². The number of aromatic nitrogens is 2. The molecular weight excluding hydrogens is 312 g/mol. The standard InChI is InChI=1S/C12H11BrN4S/c1-2-11-16-9(5-14)4-12(17-11)15-6-8-3-10(13)18-7-8/h3-4,7H,2,6H2,1H3,(H,15,16,17). The second-order valence-electron chi connectivity index (χ2n) is 3.63. The number of nitriles is 1. The van der Waals surface area contributed by atoms with Gasteiger partial charge < -0.3 is 5.32 Å². The smallest absolute Gasteiger partial charge is 0.146 e. The van der Waals surface area contributed by atoms with Crippen molar-refractivity contribution in [2.45, 2.75) is 19.9 Å². The zero-order chi connectivity index (χ0) is 13.0. The Bertz CT molecular complexity index is 588. The minimum absolute atomic E-state index is 0.399. The number of aryl methyl sites for hydroxylation is 1. The van der Waals surface area contributed by atoms with E-state index in [9.17, 15) is 0 Å². The number of hydrogen-bond acceptors (Lipinski definition) is 5. The second kappa shape index (κ2) is 5.94. The third-order valence-corrected chi connectivity index (χ3v) is 3.85. The molecule has 0 atom stereocenters. The molecule has 2 aromatic rings. The van der Waals surface area contributed by atoms with Crippen molar-refractivity contribution in [1.29, 1.82) is 5.26 Å². The lowest BCUT2D eigenvalue weighted by atomic mass is 10.3. The molecule has 92 valence electrons. The zero-order valence-electron chi connectivity index (χ0n) is 9.77. The fourth-order valence-corrected chi connectivity index (χ4v) is 2.64. The lowest BCUT2D eigenvalue weighted by molar-refractivity contribution is 0.924. The van der Waals surface area contributed by atoms with Gasteiger partial charge in [0.05, 0.1) is 3.79 Å². The first-order valence-corrected chi connectivity index (χ1v) is 7.13. The van der Waals surface area contributed by atoms with Gasteiger partial charge in [-0.1, -0.05) is 6.92 Å². The third kappa shape index (κ3) is 3.28. The SMILES string of the molecule is CCc1nc(C#N)cc(NCc2csc(Br)c2)n1. The van der Waals surface area contributed by atoms with Crippen molar-refractivity contribution < 1.29 is 0 Å². The van der Waals surface area contributed by atoms with E-state index in [0.29, 0.717) is 30.3 Å². The van der Waals surface area contributed by atoms with Crippen LogP contribution in [0.1, 0.15) is 24.0 Å². The van der Waals surface area contributed by atoms with Crippen LogP contribution in [0.15, 0.2) is 21.3 Å². The summed E-state index contributed by atoms with van der Waals surface area (Å²) in [6, 6.07) is 5.78. The summed E-state index contributed by atoms with van der Waals surface area (Å²) in [5, 5.41) is 14.2. The largest absolute Gasteiger partial charge is 0.366 e. The van der Waals surface area contributed by atoms with Crippen molar-refractivity contribution in [3.63, 3.8) is 0 Å². The second-order valence-corrected chi connectivity index (χ2v) is 5.92. The van der Waals surface area contributed by atoms with Crippen molar-refractivity contribution >= 4 is 33.1 Å². The fourth-order valence-electron chi connectivity index (χ4n) is 1.43. The third-order valence-electron chi connectivity index (χ3n) is 2.30. The van der Waals surface area contributed by atoms with Crippen LogP contribution in [0.5, 0.6) is 0 Å². The molecule has 0 aromatic carbocycles. The quantitative estimate of drug-likeness (QED) is 0.937. The van der Waals surface area contributed by atoms with Crippen molar-refractivity contribution in [3.8, 4) is 6.07 Å². The predicted molar refractivity (Wildman–Crippen MR) is 75.5 cm³/mol. The lowest BCUT2D eigenvalue weighted by Gasteiger charge is -2.05. The van der Waals surface area contributed by atoms with E-state index >= 15 is 0 Å². The first kappa shape index (κ1) is 13.0. The van der Waals surface area contributed by atoms with Crippen LogP contribution in [0, 0.1) is 11.3 Å². The number of halogens is 1. The Kier molecular flexibility index (Phi) is 4.28. The normalized spacial score (nSPS) is 10.1. The summed E-state index contributed by atoms with van der Waals surface area (Å²) in [6.45, 7) is 2.66. The van der Waals surface area contributed by atoms with Gasteiger partial charge in [0, 0.05) is 19.0 Å². The minimum Gasteiger partial charge on any atom is -0.366 e. The maximum Gasteiger partial charge on any atom is 0.146 e. The highest BCUT2D eigenvalue weighted by Gasteiger charge is 2.03. The van der Waals surface area contributed by atoms with Gasteiger partial charge in [-0.3, -0.25) is 0 Å². The molecular formula is C12H11BrN4S. The minimum atomic E-state index is 0.399. The average Bonchev–Trinajstić information content (AvgIpc) is 2.81.